The van der Waals surface area contributed by atoms with Crippen molar-refractivity contribution >= 4 is 31.0 Å². The van der Waals surface area contributed by atoms with Crippen molar-refractivity contribution in [3.05, 3.63) is 58.6 Å². The second-order valence-corrected chi connectivity index (χ2v) is 10.3. The summed E-state index contributed by atoms with van der Waals surface area (Å²) in [6, 6.07) is 10.2. The minimum Gasteiger partial charge on any atom is -0.394 e. The van der Waals surface area contributed by atoms with Crippen LogP contribution in [-0.2, 0) is 17.2 Å². The third-order valence-electron chi connectivity index (χ3n) is 4.38. The Morgan fingerprint density at radius 3 is 2.33 bits per heavy atom. The Balaban J connectivity index is 2.01. The van der Waals surface area contributed by atoms with Crippen molar-refractivity contribution in [1.29, 1.82) is 0 Å². The SMILES string of the molecule is NC(CO)(CCCc1ccc(Sc2cccc(C(F)(F)F)c2)cc1Cl)CP(=O)(O)O. The highest BCUT2D eigenvalue weighted by atomic mass is 35.5. The molecule has 0 fully saturated rings. The van der Waals surface area contributed by atoms with Crippen LogP contribution < -0.4 is 5.73 Å². The van der Waals surface area contributed by atoms with Crippen LogP contribution in [0.4, 0.5) is 13.2 Å². The van der Waals surface area contributed by atoms with Crippen molar-refractivity contribution in [2.24, 2.45) is 5.73 Å². The number of hydrogen-bond donors (Lipinski definition) is 4. The van der Waals surface area contributed by atoms with Crippen molar-refractivity contribution in [1.82, 2.24) is 0 Å². The highest BCUT2D eigenvalue weighted by Gasteiger charge is 2.32. The molecule has 0 aliphatic rings. The van der Waals surface area contributed by atoms with Gasteiger partial charge in [0.1, 0.15) is 0 Å². The van der Waals surface area contributed by atoms with Gasteiger partial charge in [0.05, 0.1) is 23.9 Å². The minimum absolute atomic E-state index is 0.186. The molecule has 0 saturated heterocycles. The molecule has 2 rings (SSSR count). The van der Waals surface area contributed by atoms with Crippen LogP contribution in [0.5, 0.6) is 0 Å². The summed E-state index contributed by atoms with van der Waals surface area (Å²) in [6.45, 7) is -0.557. The quantitative estimate of drug-likeness (QED) is 0.385. The van der Waals surface area contributed by atoms with E-state index in [1.54, 1.807) is 24.3 Å². The van der Waals surface area contributed by atoms with Gasteiger partial charge in [0.25, 0.3) is 0 Å². The lowest BCUT2D eigenvalue weighted by atomic mass is 9.95. The fraction of sp³-hybridized carbons (Fsp3) is 0.368. The number of benzene rings is 2. The number of aliphatic hydroxyl groups is 1. The molecule has 11 heteroatoms. The number of nitrogens with two attached hydrogens (primary N) is 1. The van der Waals surface area contributed by atoms with Crippen LogP contribution in [0.25, 0.3) is 0 Å². The van der Waals surface area contributed by atoms with Crippen LogP contribution in [-0.4, -0.2) is 33.2 Å². The lowest BCUT2D eigenvalue weighted by Crippen LogP contribution is -2.47. The van der Waals surface area contributed by atoms with Crippen molar-refractivity contribution in [2.75, 3.05) is 12.8 Å². The van der Waals surface area contributed by atoms with E-state index in [2.05, 4.69) is 0 Å². The van der Waals surface area contributed by atoms with Crippen LogP contribution in [0.2, 0.25) is 5.02 Å². The van der Waals surface area contributed by atoms with Crippen LogP contribution in [0.1, 0.15) is 24.0 Å². The third kappa shape index (κ3) is 7.89. The average molecular weight is 484 g/mol. The summed E-state index contributed by atoms with van der Waals surface area (Å²) in [4.78, 5) is 19.3. The average Bonchev–Trinajstić information content (AvgIpc) is 2.62. The topological polar surface area (TPSA) is 104 Å². The molecule has 0 spiro atoms. The molecular formula is C19H22ClF3NO4PS. The predicted octanol–water partition coefficient (Wildman–Crippen LogP) is 4.70. The Labute approximate surface area is 181 Å². The van der Waals surface area contributed by atoms with Crippen LogP contribution in [0.3, 0.4) is 0 Å². The standard InChI is InChI=1S/C19H22ClF3NO4PS/c20-17-10-16(30-15-5-1-4-14(9-15)19(21,22)23)7-6-13(17)3-2-8-18(24,11-25)12-29(26,27)28/h1,4-7,9-10,25H,2-3,8,11-12,24H2,(H2,26,27,28). The number of hydrogen-bond acceptors (Lipinski definition) is 4. The van der Waals surface area contributed by atoms with Gasteiger partial charge >= 0.3 is 13.8 Å². The molecule has 0 radical (unpaired) electrons. The van der Waals surface area contributed by atoms with E-state index in [1.165, 1.54) is 6.07 Å². The largest absolute Gasteiger partial charge is 0.416 e. The van der Waals surface area contributed by atoms with Gasteiger partial charge in [0.15, 0.2) is 0 Å². The molecule has 0 aromatic heterocycles. The second kappa shape index (κ2) is 10.0. The zero-order chi connectivity index (χ0) is 22.6. The van der Waals surface area contributed by atoms with Gasteiger partial charge in [-0.2, -0.15) is 13.2 Å². The first-order chi connectivity index (χ1) is 13.8. The number of halogens is 4. The highest BCUT2D eigenvalue weighted by Crippen LogP contribution is 2.39. The van der Waals surface area contributed by atoms with E-state index in [-0.39, 0.29) is 6.42 Å². The zero-order valence-corrected chi connectivity index (χ0v) is 18.2. The molecule has 2 aromatic rings. The lowest BCUT2D eigenvalue weighted by Gasteiger charge is -2.27. The minimum atomic E-state index is -4.41. The van der Waals surface area contributed by atoms with Crippen LogP contribution >= 0.6 is 31.0 Å². The zero-order valence-electron chi connectivity index (χ0n) is 15.8. The van der Waals surface area contributed by atoms with E-state index in [4.69, 9.17) is 27.1 Å². The van der Waals surface area contributed by atoms with Gasteiger partial charge in [0.2, 0.25) is 0 Å². The van der Waals surface area contributed by atoms with Crippen molar-refractivity contribution in [2.45, 2.75) is 40.8 Å². The summed E-state index contributed by atoms with van der Waals surface area (Å²) < 4.78 is 49.7. The van der Waals surface area contributed by atoms with E-state index < -0.39 is 37.6 Å². The van der Waals surface area contributed by atoms with Gasteiger partial charge in [-0.05, 0) is 55.2 Å². The summed E-state index contributed by atoms with van der Waals surface area (Å²) in [7, 11) is -4.36. The van der Waals surface area contributed by atoms with Gasteiger partial charge in [-0.25, -0.2) is 0 Å². The second-order valence-electron chi connectivity index (χ2n) is 7.08. The maximum absolute atomic E-state index is 12.8. The summed E-state index contributed by atoms with van der Waals surface area (Å²) in [5, 5.41) is 9.80. The van der Waals surface area contributed by atoms with E-state index >= 15 is 0 Å². The Morgan fingerprint density at radius 2 is 1.77 bits per heavy atom. The number of aliphatic hydroxyl groups excluding tert-OH is 1. The van der Waals surface area contributed by atoms with E-state index in [0.717, 1.165) is 29.5 Å². The van der Waals surface area contributed by atoms with E-state index in [9.17, 15) is 22.8 Å². The van der Waals surface area contributed by atoms with Gasteiger partial charge < -0.3 is 20.6 Å². The molecule has 30 heavy (non-hydrogen) atoms. The van der Waals surface area contributed by atoms with E-state index in [1.807, 2.05) is 0 Å². The predicted molar refractivity (Wildman–Crippen MR) is 111 cm³/mol. The monoisotopic (exact) mass is 483 g/mol. The number of alkyl halides is 3. The molecule has 1 atom stereocenters. The summed E-state index contributed by atoms with van der Waals surface area (Å²) in [5.74, 6) is 0. The first-order valence-electron chi connectivity index (χ1n) is 8.89. The van der Waals surface area contributed by atoms with Gasteiger partial charge in [-0.3, -0.25) is 4.57 Å². The first-order valence-corrected chi connectivity index (χ1v) is 11.9. The molecule has 0 aliphatic carbocycles. The molecule has 0 heterocycles. The lowest BCUT2D eigenvalue weighted by molar-refractivity contribution is -0.137. The smallest absolute Gasteiger partial charge is 0.394 e. The normalized spacial score (nSPS) is 14.5. The maximum Gasteiger partial charge on any atom is 0.416 e. The first kappa shape index (κ1) is 25.2. The molecule has 1 unspecified atom stereocenters. The molecule has 0 amide bonds. The molecule has 0 bridgehead atoms. The van der Waals surface area contributed by atoms with Crippen molar-refractivity contribution < 1.29 is 32.6 Å². The molecular weight excluding hydrogens is 462 g/mol. The summed E-state index contributed by atoms with van der Waals surface area (Å²) in [5.41, 5.74) is 4.54. The van der Waals surface area contributed by atoms with Crippen LogP contribution in [0, 0.1) is 0 Å². The molecule has 0 aliphatic heterocycles. The highest BCUT2D eigenvalue weighted by molar-refractivity contribution is 7.99. The Bertz CT molecular complexity index is 925. The Hall–Kier alpha value is -1.06. The Morgan fingerprint density at radius 1 is 1.10 bits per heavy atom. The fourth-order valence-corrected chi connectivity index (χ4v) is 5.25. The van der Waals surface area contributed by atoms with Gasteiger partial charge in [-0.15, -0.1) is 0 Å². The summed E-state index contributed by atoms with van der Waals surface area (Å²) in [6.07, 6.45) is -3.93. The third-order valence-corrected chi connectivity index (χ3v) is 6.75. The molecule has 0 saturated carbocycles. The molecule has 166 valence electrons. The molecule has 5 nitrogen and oxygen atoms in total. The summed E-state index contributed by atoms with van der Waals surface area (Å²) >= 11 is 7.45. The van der Waals surface area contributed by atoms with Gasteiger partial charge in [-0.1, -0.05) is 35.5 Å². The van der Waals surface area contributed by atoms with Crippen LogP contribution in [0.15, 0.2) is 52.3 Å². The fourth-order valence-electron chi connectivity index (χ4n) is 2.92. The van der Waals surface area contributed by atoms with Gasteiger partial charge in [0, 0.05) is 14.8 Å². The Kier molecular flexibility index (Phi) is 8.43. The van der Waals surface area contributed by atoms with Crippen molar-refractivity contribution in [3.63, 3.8) is 0 Å². The van der Waals surface area contributed by atoms with Crippen molar-refractivity contribution in [3.8, 4) is 0 Å². The molecule has 5 N–H and O–H groups in total. The number of aryl methyl sites for hydroxylation is 1. The maximum atomic E-state index is 12.8. The van der Waals surface area contributed by atoms with E-state index in [0.29, 0.717) is 27.7 Å². The molecule has 2 aromatic carbocycles. The number of rotatable bonds is 9.